The zero-order chi connectivity index (χ0) is 14.5. The molecule has 4 nitrogen and oxygen atoms in total. The molecule has 0 aromatic heterocycles. The average molecular weight is 272 g/mol. The first kappa shape index (κ1) is 17.9. The zero-order valence-corrected chi connectivity index (χ0v) is 12.6. The van der Waals surface area contributed by atoms with Crippen molar-refractivity contribution >= 4 is 11.9 Å². The molecule has 0 aliphatic carbocycles. The summed E-state index contributed by atoms with van der Waals surface area (Å²) in [4.78, 5) is 22.6. The molecule has 0 saturated heterocycles. The summed E-state index contributed by atoms with van der Waals surface area (Å²) in [6.45, 7) is 6.29. The highest BCUT2D eigenvalue weighted by atomic mass is 16.5. The Labute approximate surface area is 116 Å². The number of esters is 2. The van der Waals surface area contributed by atoms with Crippen LogP contribution in [0.3, 0.4) is 0 Å². The summed E-state index contributed by atoms with van der Waals surface area (Å²) >= 11 is 0. The van der Waals surface area contributed by atoms with Gasteiger partial charge in [-0.2, -0.15) is 0 Å². The lowest BCUT2D eigenvalue weighted by molar-refractivity contribution is -0.148. The Hall–Kier alpha value is -1.06. The molecule has 0 N–H and O–H groups in total. The highest BCUT2D eigenvalue weighted by Gasteiger charge is 2.08. The SMILES string of the molecule is CCCCCCCOC(=O)CCCC(=O)OC(C)C. The highest BCUT2D eigenvalue weighted by molar-refractivity contribution is 5.72. The van der Waals surface area contributed by atoms with Crippen LogP contribution in [-0.4, -0.2) is 24.6 Å². The second-order valence-corrected chi connectivity index (χ2v) is 5.03. The van der Waals surface area contributed by atoms with Crippen molar-refractivity contribution in [3.05, 3.63) is 0 Å². The molecule has 0 rings (SSSR count). The third kappa shape index (κ3) is 13.2. The number of carbonyl (C=O) groups is 2. The van der Waals surface area contributed by atoms with E-state index in [-0.39, 0.29) is 24.5 Å². The van der Waals surface area contributed by atoms with Crippen LogP contribution in [-0.2, 0) is 19.1 Å². The number of carbonyl (C=O) groups excluding carboxylic acids is 2. The first-order chi connectivity index (χ1) is 9.06. The van der Waals surface area contributed by atoms with Gasteiger partial charge in [0.2, 0.25) is 0 Å². The van der Waals surface area contributed by atoms with Crippen LogP contribution in [0.25, 0.3) is 0 Å². The molecule has 0 unspecified atom stereocenters. The molecule has 0 saturated carbocycles. The van der Waals surface area contributed by atoms with Crippen LogP contribution in [0.5, 0.6) is 0 Å². The molecular weight excluding hydrogens is 244 g/mol. The minimum Gasteiger partial charge on any atom is -0.466 e. The van der Waals surface area contributed by atoms with Crippen molar-refractivity contribution in [2.24, 2.45) is 0 Å². The van der Waals surface area contributed by atoms with Gasteiger partial charge in [-0.1, -0.05) is 32.6 Å². The van der Waals surface area contributed by atoms with Crippen LogP contribution in [0.15, 0.2) is 0 Å². The van der Waals surface area contributed by atoms with Gasteiger partial charge in [0.15, 0.2) is 0 Å². The van der Waals surface area contributed by atoms with E-state index >= 15 is 0 Å². The molecular formula is C15H28O4. The van der Waals surface area contributed by atoms with Crippen molar-refractivity contribution in [1.82, 2.24) is 0 Å². The third-order valence-electron chi connectivity index (χ3n) is 2.64. The van der Waals surface area contributed by atoms with Crippen LogP contribution in [0.2, 0.25) is 0 Å². The first-order valence-corrected chi connectivity index (χ1v) is 7.41. The maximum atomic E-state index is 11.4. The molecule has 19 heavy (non-hydrogen) atoms. The van der Waals surface area contributed by atoms with Crippen LogP contribution in [0.1, 0.15) is 72.1 Å². The largest absolute Gasteiger partial charge is 0.466 e. The van der Waals surface area contributed by atoms with Gasteiger partial charge in [0, 0.05) is 12.8 Å². The monoisotopic (exact) mass is 272 g/mol. The molecule has 0 atom stereocenters. The second kappa shape index (κ2) is 12.0. The van der Waals surface area contributed by atoms with E-state index in [4.69, 9.17) is 9.47 Å². The van der Waals surface area contributed by atoms with Crippen molar-refractivity contribution in [3.8, 4) is 0 Å². The quantitative estimate of drug-likeness (QED) is 0.426. The molecule has 0 bridgehead atoms. The van der Waals surface area contributed by atoms with E-state index < -0.39 is 0 Å². The van der Waals surface area contributed by atoms with E-state index in [1.165, 1.54) is 19.3 Å². The van der Waals surface area contributed by atoms with E-state index in [1.54, 1.807) is 0 Å². The molecule has 0 aromatic rings. The van der Waals surface area contributed by atoms with Gasteiger partial charge in [-0.15, -0.1) is 0 Å². The van der Waals surface area contributed by atoms with Crippen molar-refractivity contribution in [3.63, 3.8) is 0 Å². The highest BCUT2D eigenvalue weighted by Crippen LogP contribution is 2.05. The number of hydrogen-bond donors (Lipinski definition) is 0. The summed E-state index contributed by atoms with van der Waals surface area (Å²) in [5.74, 6) is -0.463. The fourth-order valence-electron chi connectivity index (χ4n) is 1.66. The average Bonchev–Trinajstić information content (AvgIpc) is 2.32. The Bertz CT molecular complexity index is 249. The molecule has 0 spiro atoms. The molecule has 0 aliphatic heterocycles. The van der Waals surface area contributed by atoms with Crippen molar-refractivity contribution in [2.45, 2.75) is 78.2 Å². The lowest BCUT2D eigenvalue weighted by Gasteiger charge is -2.07. The zero-order valence-electron chi connectivity index (χ0n) is 12.6. The van der Waals surface area contributed by atoms with Gasteiger partial charge in [-0.3, -0.25) is 9.59 Å². The minimum absolute atomic E-state index is 0.0948. The van der Waals surface area contributed by atoms with E-state index in [9.17, 15) is 9.59 Å². The minimum atomic E-state index is -0.248. The number of rotatable bonds is 11. The predicted molar refractivity (Wildman–Crippen MR) is 74.8 cm³/mol. The summed E-state index contributed by atoms with van der Waals surface area (Å²) in [5, 5.41) is 0. The fourth-order valence-corrected chi connectivity index (χ4v) is 1.66. The van der Waals surface area contributed by atoms with Gasteiger partial charge < -0.3 is 9.47 Å². The maximum Gasteiger partial charge on any atom is 0.306 e. The van der Waals surface area contributed by atoms with Gasteiger partial charge in [0.05, 0.1) is 12.7 Å². The van der Waals surface area contributed by atoms with Gasteiger partial charge in [-0.25, -0.2) is 0 Å². The Morgan fingerprint density at radius 3 is 2.16 bits per heavy atom. The molecule has 0 heterocycles. The number of unbranched alkanes of at least 4 members (excludes halogenated alkanes) is 4. The normalized spacial score (nSPS) is 10.5. The Kier molecular flexibility index (Phi) is 11.3. The van der Waals surface area contributed by atoms with E-state index in [2.05, 4.69) is 6.92 Å². The van der Waals surface area contributed by atoms with Gasteiger partial charge >= 0.3 is 11.9 Å². The summed E-state index contributed by atoms with van der Waals surface area (Å²) < 4.78 is 10.1. The summed E-state index contributed by atoms with van der Waals surface area (Å²) in [5.41, 5.74) is 0. The number of hydrogen-bond acceptors (Lipinski definition) is 4. The van der Waals surface area contributed by atoms with Crippen molar-refractivity contribution in [2.75, 3.05) is 6.61 Å². The van der Waals surface area contributed by atoms with Crippen molar-refractivity contribution in [1.29, 1.82) is 0 Å². The van der Waals surface area contributed by atoms with Gasteiger partial charge in [-0.05, 0) is 26.7 Å². The topological polar surface area (TPSA) is 52.6 Å². The Balaban J connectivity index is 3.37. The molecule has 0 aliphatic rings. The third-order valence-corrected chi connectivity index (χ3v) is 2.64. The Morgan fingerprint density at radius 1 is 0.895 bits per heavy atom. The second-order valence-electron chi connectivity index (χ2n) is 5.03. The molecule has 0 radical (unpaired) electrons. The number of ether oxygens (including phenoxy) is 2. The standard InChI is InChI=1S/C15H28O4/c1-4-5-6-7-8-12-18-14(16)10-9-11-15(17)19-13(2)3/h13H,4-12H2,1-3H3. The smallest absolute Gasteiger partial charge is 0.306 e. The summed E-state index contributed by atoms with van der Waals surface area (Å²) in [6.07, 6.45) is 6.69. The van der Waals surface area contributed by atoms with Crippen LogP contribution in [0, 0.1) is 0 Å². The summed E-state index contributed by atoms with van der Waals surface area (Å²) in [7, 11) is 0. The molecule has 0 amide bonds. The van der Waals surface area contributed by atoms with Crippen molar-refractivity contribution < 1.29 is 19.1 Å². The maximum absolute atomic E-state index is 11.4. The van der Waals surface area contributed by atoms with Gasteiger partial charge in [0.1, 0.15) is 0 Å². The summed E-state index contributed by atoms with van der Waals surface area (Å²) in [6, 6.07) is 0. The van der Waals surface area contributed by atoms with Crippen LogP contribution >= 0.6 is 0 Å². The van der Waals surface area contributed by atoms with Gasteiger partial charge in [0.25, 0.3) is 0 Å². The van der Waals surface area contributed by atoms with Crippen LogP contribution < -0.4 is 0 Å². The molecule has 112 valence electrons. The van der Waals surface area contributed by atoms with Crippen LogP contribution in [0.4, 0.5) is 0 Å². The first-order valence-electron chi connectivity index (χ1n) is 7.41. The predicted octanol–water partition coefficient (Wildman–Crippen LogP) is 3.62. The fraction of sp³-hybridized carbons (Fsp3) is 0.867. The molecule has 4 heteroatoms. The molecule has 0 aromatic carbocycles. The Morgan fingerprint density at radius 2 is 1.53 bits per heavy atom. The van der Waals surface area contributed by atoms with E-state index in [1.807, 2.05) is 13.8 Å². The van der Waals surface area contributed by atoms with E-state index in [0.717, 1.165) is 12.8 Å². The lowest BCUT2D eigenvalue weighted by atomic mass is 10.2. The van der Waals surface area contributed by atoms with E-state index in [0.29, 0.717) is 19.4 Å². The molecule has 0 fully saturated rings. The lowest BCUT2D eigenvalue weighted by Crippen LogP contribution is -2.12.